The Balaban J connectivity index is 2.12. The molecule has 0 aromatic heterocycles. The van der Waals surface area contributed by atoms with Crippen LogP contribution in [0.3, 0.4) is 0 Å². The van der Waals surface area contributed by atoms with Gasteiger partial charge in [-0.1, -0.05) is 36.8 Å². The van der Waals surface area contributed by atoms with Gasteiger partial charge in [-0.15, -0.1) is 0 Å². The van der Waals surface area contributed by atoms with E-state index in [0.717, 1.165) is 25.2 Å². The zero-order valence-electron chi connectivity index (χ0n) is 13.0. The molecule has 0 aliphatic carbocycles. The van der Waals surface area contributed by atoms with Crippen molar-refractivity contribution in [2.24, 2.45) is 0 Å². The van der Waals surface area contributed by atoms with Crippen molar-refractivity contribution >= 4 is 5.97 Å². The van der Waals surface area contributed by atoms with E-state index in [2.05, 4.69) is 10.2 Å². The molecule has 0 spiro atoms. The molecule has 1 aromatic rings. The SMILES string of the molecule is CNCC1CCCCN1CC(C(=O)OC)c1ccccc1. The van der Waals surface area contributed by atoms with Gasteiger partial charge in [0.25, 0.3) is 0 Å². The van der Waals surface area contributed by atoms with Crippen LogP contribution in [0.15, 0.2) is 30.3 Å². The molecule has 4 heteroatoms. The number of benzene rings is 1. The number of esters is 1. The molecular formula is C17H26N2O2. The van der Waals surface area contributed by atoms with Gasteiger partial charge in [0.1, 0.15) is 0 Å². The summed E-state index contributed by atoms with van der Waals surface area (Å²) in [4.78, 5) is 14.6. The van der Waals surface area contributed by atoms with Gasteiger partial charge < -0.3 is 10.1 Å². The van der Waals surface area contributed by atoms with Gasteiger partial charge in [-0.2, -0.15) is 0 Å². The number of nitrogens with zero attached hydrogens (tertiary/aromatic N) is 1. The summed E-state index contributed by atoms with van der Waals surface area (Å²) in [5.41, 5.74) is 1.04. The lowest BCUT2D eigenvalue weighted by Gasteiger charge is -2.37. The number of carbonyl (C=O) groups excluding carboxylic acids is 1. The quantitative estimate of drug-likeness (QED) is 0.814. The molecule has 2 unspecified atom stereocenters. The summed E-state index contributed by atoms with van der Waals surface area (Å²) in [6.07, 6.45) is 3.68. The summed E-state index contributed by atoms with van der Waals surface area (Å²) in [5, 5.41) is 3.27. The van der Waals surface area contributed by atoms with Crippen molar-refractivity contribution < 1.29 is 9.53 Å². The number of likely N-dealkylation sites (N-methyl/N-ethyl adjacent to an activating group) is 1. The van der Waals surface area contributed by atoms with Gasteiger partial charge in [-0.25, -0.2) is 0 Å². The second-order valence-electron chi connectivity index (χ2n) is 5.69. The summed E-state index contributed by atoms with van der Waals surface area (Å²) in [6, 6.07) is 10.5. The normalized spacial score (nSPS) is 21.0. The number of methoxy groups -OCH3 is 1. The van der Waals surface area contributed by atoms with E-state index in [1.165, 1.54) is 26.4 Å². The first-order chi connectivity index (χ1) is 10.3. The Labute approximate surface area is 127 Å². The molecule has 2 atom stereocenters. The van der Waals surface area contributed by atoms with Crippen LogP contribution in [0.5, 0.6) is 0 Å². The Hall–Kier alpha value is -1.39. The molecule has 1 fully saturated rings. The van der Waals surface area contributed by atoms with Crippen molar-refractivity contribution in [3.8, 4) is 0 Å². The third kappa shape index (κ3) is 4.29. The highest BCUT2D eigenvalue weighted by Gasteiger charge is 2.29. The molecule has 0 saturated carbocycles. The molecule has 1 N–H and O–H groups in total. The molecule has 21 heavy (non-hydrogen) atoms. The van der Waals surface area contributed by atoms with E-state index in [1.54, 1.807) is 0 Å². The lowest BCUT2D eigenvalue weighted by Crippen LogP contribution is -2.47. The highest BCUT2D eigenvalue weighted by Crippen LogP contribution is 2.24. The zero-order valence-corrected chi connectivity index (χ0v) is 13.0. The lowest BCUT2D eigenvalue weighted by molar-refractivity contribution is -0.143. The van der Waals surface area contributed by atoms with Crippen LogP contribution in [0.4, 0.5) is 0 Å². The summed E-state index contributed by atoms with van der Waals surface area (Å²) < 4.78 is 5.02. The first-order valence-electron chi connectivity index (χ1n) is 7.77. The Morgan fingerprint density at radius 2 is 2.14 bits per heavy atom. The minimum absolute atomic E-state index is 0.144. The first-order valence-corrected chi connectivity index (χ1v) is 7.77. The summed E-state index contributed by atoms with van der Waals surface area (Å²) in [6.45, 7) is 2.78. The maximum Gasteiger partial charge on any atom is 0.314 e. The predicted molar refractivity (Wildman–Crippen MR) is 84.3 cm³/mol. The number of hydrogen-bond acceptors (Lipinski definition) is 4. The maximum absolute atomic E-state index is 12.2. The Bertz CT molecular complexity index is 434. The third-order valence-corrected chi connectivity index (χ3v) is 4.29. The first kappa shape index (κ1) is 16.0. The molecule has 116 valence electrons. The van der Waals surface area contributed by atoms with Crippen molar-refractivity contribution in [1.82, 2.24) is 10.2 Å². The number of piperidine rings is 1. The average Bonchev–Trinajstić information content (AvgIpc) is 2.54. The van der Waals surface area contributed by atoms with Crippen LogP contribution in [0, 0.1) is 0 Å². The standard InChI is InChI=1S/C17H26N2O2/c1-18-12-15-10-6-7-11-19(15)13-16(17(20)21-2)14-8-4-3-5-9-14/h3-5,8-9,15-16,18H,6-7,10-13H2,1-2H3. The molecule has 4 nitrogen and oxygen atoms in total. The van der Waals surface area contributed by atoms with E-state index in [9.17, 15) is 4.79 Å². The van der Waals surface area contributed by atoms with Crippen LogP contribution in [0.2, 0.25) is 0 Å². The van der Waals surface area contributed by atoms with Gasteiger partial charge in [0.05, 0.1) is 13.0 Å². The van der Waals surface area contributed by atoms with E-state index in [0.29, 0.717) is 6.04 Å². The number of nitrogens with one attached hydrogen (secondary N) is 1. The van der Waals surface area contributed by atoms with Gasteiger partial charge in [0.15, 0.2) is 0 Å². The van der Waals surface area contributed by atoms with E-state index in [-0.39, 0.29) is 11.9 Å². The molecule has 1 saturated heterocycles. The van der Waals surface area contributed by atoms with Crippen LogP contribution < -0.4 is 5.32 Å². The van der Waals surface area contributed by atoms with Gasteiger partial charge >= 0.3 is 5.97 Å². The van der Waals surface area contributed by atoms with Crippen LogP contribution >= 0.6 is 0 Å². The van der Waals surface area contributed by atoms with E-state index in [1.807, 2.05) is 37.4 Å². The second-order valence-corrected chi connectivity index (χ2v) is 5.69. The maximum atomic E-state index is 12.2. The zero-order chi connectivity index (χ0) is 15.1. The van der Waals surface area contributed by atoms with Crippen molar-refractivity contribution in [2.75, 3.05) is 33.8 Å². The molecule has 0 amide bonds. The molecule has 0 bridgehead atoms. The molecular weight excluding hydrogens is 264 g/mol. The van der Waals surface area contributed by atoms with Crippen molar-refractivity contribution in [1.29, 1.82) is 0 Å². The fourth-order valence-electron chi connectivity index (χ4n) is 3.15. The van der Waals surface area contributed by atoms with Gasteiger partial charge in [0.2, 0.25) is 0 Å². The molecule has 1 aliphatic heterocycles. The van der Waals surface area contributed by atoms with Gasteiger partial charge in [-0.05, 0) is 32.0 Å². The van der Waals surface area contributed by atoms with Crippen LogP contribution in [-0.2, 0) is 9.53 Å². The van der Waals surface area contributed by atoms with Crippen molar-refractivity contribution in [2.45, 2.75) is 31.2 Å². The molecule has 1 aromatic carbocycles. The number of ether oxygens (including phenoxy) is 1. The monoisotopic (exact) mass is 290 g/mol. The Morgan fingerprint density at radius 1 is 1.38 bits per heavy atom. The fraction of sp³-hybridized carbons (Fsp3) is 0.588. The van der Waals surface area contributed by atoms with Gasteiger partial charge in [-0.3, -0.25) is 9.69 Å². The van der Waals surface area contributed by atoms with E-state index >= 15 is 0 Å². The summed E-state index contributed by atoms with van der Waals surface area (Å²) in [7, 11) is 3.46. The smallest absolute Gasteiger partial charge is 0.314 e. The summed E-state index contributed by atoms with van der Waals surface area (Å²) in [5.74, 6) is -0.344. The highest BCUT2D eigenvalue weighted by atomic mass is 16.5. The Morgan fingerprint density at radius 3 is 2.81 bits per heavy atom. The van der Waals surface area contributed by atoms with E-state index < -0.39 is 0 Å². The third-order valence-electron chi connectivity index (χ3n) is 4.29. The number of carbonyl (C=O) groups is 1. The number of rotatable bonds is 6. The molecule has 2 rings (SSSR count). The molecule has 0 radical (unpaired) electrons. The lowest BCUT2D eigenvalue weighted by atomic mass is 9.95. The van der Waals surface area contributed by atoms with Crippen molar-refractivity contribution in [3.05, 3.63) is 35.9 Å². The van der Waals surface area contributed by atoms with Crippen LogP contribution in [0.1, 0.15) is 30.7 Å². The second kappa shape index (κ2) is 8.15. The van der Waals surface area contributed by atoms with Crippen LogP contribution in [-0.4, -0.2) is 50.7 Å². The van der Waals surface area contributed by atoms with Crippen LogP contribution in [0.25, 0.3) is 0 Å². The molecule has 1 aliphatic rings. The number of hydrogen-bond donors (Lipinski definition) is 1. The van der Waals surface area contributed by atoms with Gasteiger partial charge in [0, 0.05) is 19.1 Å². The molecule has 1 heterocycles. The Kier molecular flexibility index (Phi) is 6.21. The minimum atomic E-state index is -0.200. The topological polar surface area (TPSA) is 41.6 Å². The van der Waals surface area contributed by atoms with E-state index in [4.69, 9.17) is 4.74 Å². The van der Waals surface area contributed by atoms with Crippen molar-refractivity contribution in [3.63, 3.8) is 0 Å². The summed E-state index contributed by atoms with van der Waals surface area (Å²) >= 11 is 0. The predicted octanol–water partition coefficient (Wildman–Crippen LogP) is 2.02. The number of likely N-dealkylation sites (tertiary alicyclic amines) is 1. The fourth-order valence-corrected chi connectivity index (χ4v) is 3.15. The highest BCUT2D eigenvalue weighted by molar-refractivity contribution is 5.78. The minimum Gasteiger partial charge on any atom is -0.469 e. The largest absolute Gasteiger partial charge is 0.469 e. The average molecular weight is 290 g/mol.